The van der Waals surface area contributed by atoms with E-state index in [1.807, 2.05) is 12.1 Å². The molecule has 0 aliphatic heterocycles. The van der Waals surface area contributed by atoms with Crippen molar-refractivity contribution in [2.75, 3.05) is 0 Å². The zero-order valence-corrected chi connectivity index (χ0v) is 27.3. The fourth-order valence-electron chi connectivity index (χ4n) is 7.15. The molecule has 5 heteroatoms. The van der Waals surface area contributed by atoms with E-state index in [2.05, 4.69) is 153 Å². The molecule has 0 N–H and O–H groups in total. The number of nitrogens with zero attached hydrogens (tertiary/aromatic N) is 5. The van der Waals surface area contributed by atoms with Gasteiger partial charge in [0.15, 0.2) is 0 Å². The summed E-state index contributed by atoms with van der Waals surface area (Å²) in [6.07, 6.45) is 6.77. The summed E-state index contributed by atoms with van der Waals surface area (Å²) < 4.78 is 2.38. The first-order valence-electron chi connectivity index (χ1n) is 16.6. The standard InChI is InChI=1S/C46H27N5/c1-48-38-22-37(28-50-29-38)33-15-17-34(18-16-33)43-24-45-46(41-10-6-5-9-40(41)43)42-20-19-35(23-44(42)51(45)39-7-3-2-4-8-39)31-11-13-32(14-12-31)36-21-30(25-47)26-49-27-36/h2-24,26-29H. The predicted octanol–water partition coefficient (Wildman–Crippen LogP) is 11.8. The van der Waals surface area contributed by atoms with Crippen LogP contribution in [-0.4, -0.2) is 14.5 Å². The zero-order valence-electron chi connectivity index (χ0n) is 27.3. The van der Waals surface area contributed by atoms with Crippen molar-refractivity contribution >= 4 is 38.3 Å². The number of hydrogen-bond acceptors (Lipinski definition) is 3. The first-order valence-corrected chi connectivity index (χ1v) is 16.6. The molecule has 0 aliphatic carbocycles. The fourth-order valence-corrected chi connectivity index (χ4v) is 7.15. The average molecular weight is 650 g/mol. The molecule has 3 heterocycles. The maximum atomic E-state index is 9.34. The molecule has 5 nitrogen and oxygen atoms in total. The molecule has 9 aromatic rings. The van der Waals surface area contributed by atoms with Gasteiger partial charge in [0.25, 0.3) is 0 Å². The highest BCUT2D eigenvalue weighted by molar-refractivity contribution is 6.24. The SMILES string of the molecule is [C-]#[N+]c1cncc(-c2ccc(-c3cc4c(c5ccccc35)c3ccc(-c5ccc(-c6cncc(C#N)c6)cc5)cc3n4-c3ccccc3)cc2)c1. The van der Waals surface area contributed by atoms with Crippen LogP contribution in [0, 0.1) is 17.9 Å². The Kier molecular flexibility index (Phi) is 7.17. The van der Waals surface area contributed by atoms with Crippen molar-refractivity contribution in [1.29, 1.82) is 5.26 Å². The average Bonchev–Trinajstić information content (AvgIpc) is 3.54. The Balaban J connectivity index is 1.22. The van der Waals surface area contributed by atoms with Gasteiger partial charge in [0.2, 0.25) is 5.69 Å². The maximum absolute atomic E-state index is 9.34. The normalized spacial score (nSPS) is 11.1. The molecule has 0 bridgehead atoms. The van der Waals surface area contributed by atoms with Crippen LogP contribution in [0.3, 0.4) is 0 Å². The zero-order chi connectivity index (χ0) is 34.3. The first-order chi connectivity index (χ1) is 25.2. The van der Waals surface area contributed by atoms with Gasteiger partial charge in [0.05, 0.1) is 23.2 Å². The van der Waals surface area contributed by atoms with Crippen LogP contribution in [0.5, 0.6) is 0 Å². The Bertz CT molecular complexity index is 2850. The molecule has 0 spiro atoms. The number of aromatic nitrogens is 3. The van der Waals surface area contributed by atoms with Gasteiger partial charge in [-0.3, -0.25) is 9.97 Å². The van der Waals surface area contributed by atoms with Gasteiger partial charge < -0.3 is 4.57 Å². The topological polar surface area (TPSA) is 58.9 Å². The van der Waals surface area contributed by atoms with E-state index in [1.54, 1.807) is 24.8 Å². The smallest absolute Gasteiger partial charge is 0.205 e. The van der Waals surface area contributed by atoms with Gasteiger partial charge >= 0.3 is 0 Å². The molecule has 6 aromatic carbocycles. The van der Waals surface area contributed by atoms with Gasteiger partial charge in [-0.05, 0) is 86.1 Å². The highest BCUT2D eigenvalue weighted by atomic mass is 15.0. The molecule has 3 aromatic heterocycles. The van der Waals surface area contributed by atoms with Gasteiger partial charge in [0, 0.05) is 46.8 Å². The summed E-state index contributed by atoms with van der Waals surface area (Å²) in [5, 5.41) is 14.1. The van der Waals surface area contributed by atoms with E-state index in [1.165, 1.54) is 21.5 Å². The summed E-state index contributed by atoms with van der Waals surface area (Å²) in [6.45, 7) is 7.39. The molecule has 51 heavy (non-hydrogen) atoms. The van der Waals surface area contributed by atoms with Crippen LogP contribution in [0.2, 0.25) is 0 Å². The lowest BCUT2D eigenvalue weighted by atomic mass is 9.93. The van der Waals surface area contributed by atoms with Crippen molar-refractivity contribution < 1.29 is 0 Å². The second kappa shape index (κ2) is 12.3. The largest absolute Gasteiger partial charge is 0.309 e. The predicted molar refractivity (Wildman–Crippen MR) is 207 cm³/mol. The first kappa shape index (κ1) is 29.8. The lowest BCUT2D eigenvalue weighted by Crippen LogP contribution is -1.94. The summed E-state index contributed by atoms with van der Waals surface area (Å²) in [7, 11) is 0. The van der Waals surface area contributed by atoms with E-state index in [0.29, 0.717) is 11.3 Å². The summed E-state index contributed by atoms with van der Waals surface area (Å²) in [5.41, 5.74) is 12.8. The number of pyridine rings is 2. The molecule has 0 unspecified atom stereocenters. The molecule has 0 atom stereocenters. The van der Waals surface area contributed by atoms with E-state index in [9.17, 15) is 5.26 Å². The molecule has 0 aliphatic rings. The van der Waals surface area contributed by atoms with Gasteiger partial charge in [-0.1, -0.05) is 103 Å². The molecular weight excluding hydrogens is 623 g/mol. The summed E-state index contributed by atoms with van der Waals surface area (Å²) in [6, 6.07) is 51.3. The fraction of sp³-hybridized carbons (Fsp3) is 0. The summed E-state index contributed by atoms with van der Waals surface area (Å²) in [5.74, 6) is 0. The number of rotatable bonds is 5. The Morgan fingerprint density at radius 1 is 0.510 bits per heavy atom. The Morgan fingerprint density at radius 2 is 1.12 bits per heavy atom. The van der Waals surface area contributed by atoms with Crippen molar-refractivity contribution in [1.82, 2.24) is 14.5 Å². The van der Waals surface area contributed by atoms with Crippen LogP contribution in [0.15, 0.2) is 164 Å². The molecule has 0 fully saturated rings. The number of benzene rings is 6. The van der Waals surface area contributed by atoms with E-state index < -0.39 is 0 Å². The molecule has 0 saturated heterocycles. The lowest BCUT2D eigenvalue weighted by molar-refractivity contribution is 1.18. The molecule has 9 rings (SSSR count). The number of nitriles is 1. The maximum Gasteiger partial charge on any atom is 0.205 e. The van der Waals surface area contributed by atoms with E-state index >= 15 is 0 Å². The van der Waals surface area contributed by atoms with Crippen molar-refractivity contribution in [3.63, 3.8) is 0 Å². The van der Waals surface area contributed by atoms with Crippen molar-refractivity contribution in [2.24, 2.45) is 0 Å². The number of fused-ring (bicyclic) bond motifs is 5. The summed E-state index contributed by atoms with van der Waals surface area (Å²) >= 11 is 0. The molecule has 0 saturated carbocycles. The lowest BCUT2D eigenvalue weighted by Gasteiger charge is -2.13. The van der Waals surface area contributed by atoms with Gasteiger partial charge in [0.1, 0.15) is 6.07 Å². The van der Waals surface area contributed by atoms with Crippen molar-refractivity contribution in [2.45, 2.75) is 0 Å². The molecular formula is C46H27N5. The van der Waals surface area contributed by atoms with Crippen LogP contribution in [0.25, 0.3) is 87.6 Å². The van der Waals surface area contributed by atoms with Crippen LogP contribution < -0.4 is 0 Å². The van der Waals surface area contributed by atoms with E-state index in [-0.39, 0.29) is 0 Å². The van der Waals surface area contributed by atoms with Crippen LogP contribution >= 0.6 is 0 Å². The van der Waals surface area contributed by atoms with Crippen LogP contribution in [0.4, 0.5) is 5.69 Å². The molecule has 236 valence electrons. The third kappa shape index (κ3) is 5.18. The third-order valence-corrected chi connectivity index (χ3v) is 9.59. The van der Waals surface area contributed by atoms with Crippen LogP contribution in [-0.2, 0) is 0 Å². The van der Waals surface area contributed by atoms with Crippen LogP contribution in [0.1, 0.15) is 5.56 Å². The second-order valence-corrected chi connectivity index (χ2v) is 12.5. The second-order valence-electron chi connectivity index (χ2n) is 12.5. The van der Waals surface area contributed by atoms with Gasteiger partial charge in [-0.2, -0.15) is 5.26 Å². The minimum atomic E-state index is 0.529. The third-order valence-electron chi connectivity index (χ3n) is 9.59. The van der Waals surface area contributed by atoms with Gasteiger partial charge in [-0.15, -0.1) is 0 Å². The minimum Gasteiger partial charge on any atom is -0.309 e. The Morgan fingerprint density at radius 3 is 1.82 bits per heavy atom. The van der Waals surface area contributed by atoms with E-state index in [4.69, 9.17) is 6.57 Å². The van der Waals surface area contributed by atoms with Crippen molar-refractivity contribution in [3.8, 4) is 56.3 Å². The number of hydrogen-bond donors (Lipinski definition) is 0. The van der Waals surface area contributed by atoms with E-state index in [0.717, 1.165) is 61.2 Å². The highest BCUT2D eigenvalue weighted by Crippen LogP contribution is 2.43. The molecule has 0 amide bonds. The monoisotopic (exact) mass is 649 g/mol. The molecule has 0 radical (unpaired) electrons. The highest BCUT2D eigenvalue weighted by Gasteiger charge is 2.19. The van der Waals surface area contributed by atoms with Crippen molar-refractivity contribution in [3.05, 3.63) is 181 Å². The summed E-state index contributed by atoms with van der Waals surface area (Å²) in [4.78, 5) is 12.1. The quantitative estimate of drug-likeness (QED) is 0.174. The Hall–Kier alpha value is -7.34. The Labute approximate surface area is 294 Å². The van der Waals surface area contributed by atoms with Gasteiger partial charge in [-0.25, -0.2) is 4.85 Å². The minimum absolute atomic E-state index is 0.529. The number of para-hydroxylation sites is 1.